The molecular weight excluding hydrogens is 303 g/mol. The summed E-state index contributed by atoms with van der Waals surface area (Å²) in [6, 6.07) is 15.0. The van der Waals surface area contributed by atoms with E-state index in [2.05, 4.69) is 18.0 Å². The molecule has 0 saturated carbocycles. The minimum absolute atomic E-state index is 0.0252. The lowest BCUT2D eigenvalue weighted by atomic mass is 9.96. The molecule has 3 nitrogen and oxygen atoms in total. The Hall–Kier alpha value is -2.36. The Morgan fingerprint density at radius 1 is 1.17 bits per heavy atom. The molecule has 2 aliphatic heterocycles. The van der Waals surface area contributed by atoms with Gasteiger partial charge in [0.05, 0.1) is 11.8 Å². The van der Waals surface area contributed by atoms with E-state index in [0.29, 0.717) is 0 Å². The van der Waals surface area contributed by atoms with Crippen molar-refractivity contribution < 1.29 is 9.13 Å². The Morgan fingerprint density at radius 2 is 1.96 bits per heavy atom. The summed E-state index contributed by atoms with van der Waals surface area (Å²) in [6.07, 6.45) is 4.00. The predicted octanol–water partition coefficient (Wildman–Crippen LogP) is 4.89. The number of nitrogens with zero attached hydrogens (tertiary/aromatic N) is 2. The molecule has 0 aliphatic carbocycles. The molecule has 24 heavy (non-hydrogen) atoms. The summed E-state index contributed by atoms with van der Waals surface area (Å²) in [5.41, 5.74) is 3.17. The second kappa shape index (κ2) is 6.27. The lowest BCUT2D eigenvalue weighted by Crippen LogP contribution is -2.40. The molecule has 124 valence electrons. The van der Waals surface area contributed by atoms with Crippen LogP contribution in [0.3, 0.4) is 0 Å². The SMILES string of the molecule is CCCC[C@H]1Oc2ccccc2[C@H]2CC(c3ccc(F)cc3)=NN21. The minimum atomic E-state index is -0.218. The third kappa shape index (κ3) is 2.66. The fourth-order valence-electron chi connectivity index (χ4n) is 3.50. The van der Waals surface area contributed by atoms with Gasteiger partial charge in [0.15, 0.2) is 6.23 Å². The molecule has 0 spiro atoms. The van der Waals surface area contributed by atoms with Crippen LogP contribution in [0.1, 0.15) is 49.8 Å². The maximum Gasteiger partial charge on any atom is 0.187 e. The van der Waals surface area contributed by atoms with E-state index >= 15 is 0 Å². The van der Waals surface area contributed by atoms with Gasteiger partial charge < -0.3 is 4.74 Å². The normalized spacial score (nSPS) is 21.8. The van der Waals surface area contributed by atoms with Crippen molar-refractivity contribution in [1.82, 2.24) is 5.01 Å². The Bertz CT molecular complexity index is 756. The average molecular weight is 324 g/mol. The summed E-state index contributed by atoms with van der Waals surface area (Å²) >= 11 is 0. The third-order valence-corrected chi connectivity index (χ3v) is 4.76. The highest BCUT2D eigenvalue weighted by atomic mass is 19.1. The number of rotatable bonds is 4. The van der Waals surface area contributed by atoms with Crippen molar-refractivity contribution in [2.45, 2.75) is 44.9 Å². The Morgan fingerprint density at radius 3 is 2.75 bits per heavy atom. The van der Waals surface area contributed by atoms with Crippen LogP contribution in [0.15, 0.2) is 53.6 Å². The second-order valence-corrected chi connectivity index (χ2v) is 6.41. The summed E-state index contributed by atoms with van der Waals surface area (Å²) in [4.78, 5) is 0. The number of para-hydroxylation sites is 1. The topological polar surface area (TPSA) is 24.8 Å². The first-order valence-electron chi connectivity index (χ1n) is 8.63. The number of hydrogen-bond acceptors (Lipinski definition) is 3. The molecule has 0 N–H and O–H groups in total. The van der Waals surface area contributed by atoms with E-state index in [0.717, 1.165) is 42.7 Å². The monoisotopic (exact) mass is 324 g/mol. The van der Waals surface area contributed by atoms with Crippen molar-refractivity contribution in [3.63, 3.8) is 0 Å². The molecule has 2 heterocycles. The number of ether oxygens (including phenoxy) is 1. The Balaban J connectivity index is 1.68. The lowest BCUT2D eigenvalue weighted by Gasteiger charge is -2.38. The van der Waals surface area contributed by atoms with Crippen molar-refractivity contribution in [3.8, 4) is 5.75 Å². The molecule has 0 radical (unpaired) electrons. The third-order valence-electron chi connectivity index (χ3n) is 4.76. The molecule has 0 amide bonds. The summed E-state index contributed by atoms with van der Waals surface area (Å²) in [5, 5.41) is 6.95. The summed E-state index contributed by atoms with van der Waals surface area (Å²) in [7, 11) is 0. The maximum absolute atomic E-state index is 13.2. The average Bonchev–Trinajstić information content (AvgIpc) is 3.06. The summed E-state index contributed by atoms with van der Waals surface area (Å²) < 4.78 is 19.4. The molecule has 2 aromatic rings. The smallest absolute Gasteiger partial charge is 0.187 e. The van der Waals surface area contributed by atoms with Crippen LogP contribution in [0.5, 0.6) is 5.75 Å². The molecule has 4 heteroatoms. The molecule has 2 aliphatic rings. The van der Waals surface area contributed by atoms with Crippen LogP contribution in [0.25, 0.3) is 0 Å². The molecule has 0 saturated heterocycles. The molecule has 0 aromatic heterocycles. The number of benzene rings is 2. The molecule has 0 fully saturated rings. The van der Waals surface area contributed by atoms with E-state index in [1.54, 1.807) is 12.1 Å². The van der Waals surface area contributed by atoms with Gasteiger partial charge in [-0.05, 0) is 30.2 Å². The molecule has 0 bridgehead atoms. The van der Waals surface area contributed by atoms with Crippen molar-refractivity contribution in [3.05, 3.63) is 65.5 Å². The quantitative estimate of drug-likeness (QED) is 0.800. The van der Waals surface area contributed by atoms with Crippen molar-refractivity contribution in [1.29, 1.82) is 0 Å². The van der Waals surface area contributed by atoms with Gasteiger partial charge >= 0.3 is 0 Å². The standard InChI is InChI=1S/C20H21FN2O/c1-2-3-8-20-23-18(16-6-4-5-7-19(16)24-20)13-17(22-23)14-9-11-15(21)12-10-14/h4-7,9-12,18,20H,2-3,8,13H2,1H3/t18-,20-/m1/s1. The zero-order valence-electron chi connectivity index (χ0n) is 13.8. The van der Waals surface area contributed by atoms with Gasteiger partial charge in [0, 0.05) is 18.4 Å². The number of fused-ring (bicyclic) bond motifs is 3. The van der Waals surface area contributed by atoms with Gasteiger partial charge in [-0.15, -0.1) is 0 Å². The van der Waals surface area contributed by atoms with Gasteiger partial charge in [0.25, 0.3) is 0 Å². The maximum atomic E-state index is 13.2. The van der Waals surface area contributed by atoms with E-state index in [1.165, 1.54) is 17.7 Å². The minimum Gasteiger partial charge on any atom is -0.469 e. The van der Waals surface area contributed by atoms with Gasteiger partial charge in [0.2, 0.25) is 0 Å². The van der Waals surface area contributed by atoms with E-state index in [-0.39, 0.29) is 18.1 Å². The van der Waals surface area contributed by atoms with Crippen LogP contribution in [-0.4, -0.2) is 16.9 Å². The zero-order valence-corrected chi connectivity index (χ0v) is 13.8. The highest BCUT2D eigenvalue weighted by molar-refractivity contribution is 6.01. The number of hydrazone groups is 1. The highest BCUT2D eigenvalue weighted by Gasteiger charge is 2.39. The van der Waals surface area contributed by atoms with E-state index in [9.17, 15) is 4.39 Å². The van der Waals surface area contributed by atoms with Crippen molar-refractivity contribution in [2.24, 2.45) is 5.10 Å². The molecular formula is C20H21FN2O. The van der Waals surface area contributed by atoms with Gasteiger partial charge in [-0.25, -0.2) is 4.39 Å². The predicted molar refractivity (Wildman–Crippen MR) is 92.5 cm³/mol. The molecule has 4 rings (SSSR count). The van der Waals surface area contributed by atoms with E-state index in [1.807, 2.05) is 18.2 Å². The summed E-state index contributed by atoms with van der Waals surface area (Å²) in [6.45, 7) is 2.19. The number of hydrogen-bond donors (Lipinski definition) is 0. The van der Waals surface area contributed by atoms with Crippen LogP contribution in [0.4, 0.5) is 4.39 Å². The van der Waals surface area contributed by atoms with Crippen LogP contribution in [-0.2, 0) is 0 Å². The van der Waals surface area contributed by atoms with Gasteiger partial charge in [-0.3, -0.25) is 5.01 Å². The second-order valence-electron chi connectivity index (χ2n) is 6.41. The first kappa shape index (κ1) is 15.2. The van der Waals surface area contributed by atoms with Gasteiger partial charge in [-0.1, -0.05) is 43.7 Å². The fraction of sp³-hybridized carbons (Fsp3) is 0.350. The van der Waals surface area contributed by atoms with Crippen LogP contribution in [0, 0.1) is 5.82 Å². The van der Waals surface area contributed by atoms with Crippen LogP contribution in [0.2, 0.25) is 0 Å². The largest absolute Gasteiger partial charge is 0.469 e. The molecule has 0 unspecified atom stereocenters. The number of unbranched alkanes of at least 4 members (excludes halogenated alkanes) is 1. The van der Waals surface area contributed by atoms with Crippen LogP contribution < -0.4 is 4.74 Å². The lowest BCUT2D eigenvalue weighted by molar-refractivity contribution is -0.0231. The van der Waals surface area contributed by atoms with Gasteiger partial charge in [-0.2, -0.15) is 5.10 Å². The highest BCUT2D eigenvalue weighted by Crippen LogP contribution is 2.43. The van der Waals surface area contributed by atoms with Crippen molar-refractivity contribution >= 4 is 5.71 Å². The molecule has 2 aromatic carbocycles. The first-order valence-corrected chi connectivity index (χ1v) is 8.63. The van der Waals surface area contributed by atoms with E-state index in [4.69, 9.17) is 9.84 Å². The van der Waals surface area contributed by atoms with Crippen molar-refractivity contribution in [2.75, 3.05) is 0 Å². The Labute approximate surface area is 141 Å². The van der Waals surface area contributed by atoms with Crippen LogP contribution >= 0.6 is 0 Å². The molecule has 2 atom stereocenters. The van der Waals surface area contributed by atoms with Gasteiger partial charge in [0.1, 0.15) is 11.6 Å². The Kier molecular flexibility index (Phi) is 3.97. The summed E-state index contributed by atoms with van der Waals surface area (Å²) in [5.74, 6) is 0.750. The first-order chi connectivity index (χ1) is 11.8. The number of halogens is 1. The zero-order chi connectivity index (χ0) is 16.5. The van der Waals surface area contributed by atoms with E-state index < -0.39 is 0 Å². The fourth-order valence-corrected chi connectivity index (χ4v) is 3.50.